The number of rotatable bonds is 3. The van der Waals surface area contributed by atoms with Crippen molar-refractivity contribution < 1.29 is 9.53 Å². The fraction of sp³-hybridized carbons (Fsp3) is 0.360. The van der Waals surface area contributed by atoms with E-state index in [1.54, 1.807) is 0 Å². The molecule has 1 atom stereocenters. The lowest BCUT2D eigenvalue weighted by atomic mass is 9.75. The fourth-order valence-electron chi connectivity index (χ4n) is 9.54. The number of hydrogen-bond donors (Lipinski definition) is 0. The van der Waals surface area contributed by atoms with E-state index in [2.05, 4.69) is 145 Å². The molecule has 1 aliphatic heterocycles. The molecule has 0 N–H and O–H groups in total. The van der Waals surface area contributed by atoms with Crippen molar-refractivity contribution in [2.24, 2.45) is 0 Å². The molecule has 0 aromatic heterocycles. The van der Waals surface area contributed by atoms with Crippen molar-refractivity contribution in [3.8, 4) is 0 Å². The number of fused-ring (bicyclic) bond motifs is 2. The Morgan fingerprint density at radius 1 is 0.216 bits per heavy atom. The summed E-state index contributed by atoms with van der Waals surface area (Å²) in [7, 11) is 0. The van der Waals surface area contributed by atoms with Gasteiger partial charge in [-0.15, -0.1) is 0 Å². The van der Waals surface area contributed by atoms with Crippen LogP contribution in [0.5, 0.6) is 0 Å². The van der Waals surface area contributed by atoms with Gasteiger partial charge in [0.1, 0.15) is 0 Å². The molecule has 1 heterocycles. The SMILES string of the molecule is C.C.C.CC.CC.CC.CC.CC.CC.CC.CC.CC1(C)CC(C)(c2ccccc2)c2ccccc21.CCC.CCC.CCC.CCC.CCC.O=C1OC(c2ccccc2)(c2ccccc2)c2ccccc21.c1ccccc1.c1ccccc1.c1ccccc1.c1ccccc1.c1ccccc1.c1ccccc1.c1ccccc1. The minimum absolute atomic E-state index is 0. The Labute approximate surface area is 722 Å². The highest BCUT2D eigenvalue weighted by Gasteiger charge is 2.48. The molecule has 0 radical (unpaired) electrons. The van der Waals surface area contributed by atoms with Gasteiger partial charge in [-0.3, -0.25) is 0 Å². The number of hydrogen-bond acceptors (Lipinski definition) is 2. The second kappa shape index (κ2) is 105. The molecule has 0 saturated carbocycles. The summed E-state index contributed by atoms with van der Waals surface area (Å²) >= 11 is 0. The minimum atomic E-state index is -0.865. The molecule has 116 heavy (non-hydrogen) atoms. The molecule has 2 nitrogen and oxygen atoms in total. The zero-order valence-electron chi connectivity index (χ0n) is 77.1. The van der Waals surface area contributed by atoms with Crippen molar-refractivity contribution in [3.63, 3.8) is 0 Å². The van der Waals surface area contributed by atoms with Crippen LogP contribution in [-0.2, 0) is 21.2 Å². The summed E-state index contributed by atoms with van der Waals surface area (Å²) in [5, 5.41) is 0. The van der Waals surface area contributed by atoms with Gasteiger partial charge >= 0.3 is 5.97 Å². The van der Waals surface area contributed by atoms with Crippen LogP contribution >= 0.6 is 0 Å². The van der Waals surface area contributed by atoms with Crippen LogP contribution in [0.4, 0.5) is 0 Å². The lowest BCUT2D eigenvalue weighted by molar-refractivity contribution is 0.0251. The van der Waals surface area contributed by atoms with E-state index in [0.717, 1.165) is 16.7 Å². The Morgan fingerprint density at radius 2 is 0.362 bits per heavy atom. The zero-order chi connectivity index (χ0) is 87.0. The van der Waals surface area contributed by atoms with Crippen LogP contribution in [0.15, 0.2) is 394 Å². The molecule has 1 unspecified atom stereocenters. The summed E-state index contributed by atoms with van der Waals surface area (Å²) in [5.74, 6) is -0.275. The third-order valence-electron chi connectivity index (χ3n) is 13.3. The number of cyclic esters (lactones) is 1. The molecule has 2 aliphatic rings. The van der Waals surface area contributed by atoms with Gasteiger partial charge < -0.3 is 4.74 Å². The molecule has 1 aliphatic carbocycles. The summed E-state index contributed by atoms with van der Waals surface area (Å²) < 4.78 is 5.95. The van der Waals surface area contributed by atoms with Crippen molar-refractivity contribution in [3.05, 3.63) is 433 Å². The Kier molecular flexibility index (Phi) is 117. The van der Waals surface area contributed by atoms with Gasteiger partial charge in [0.15, 0.2) is 5.60 Å². The number of carbonyl (C=O) groups is 1. The van der Waals surface area contributed by atoms with Crippen LogP contribution in [0.25, 0.3) is 0 Å². The molecular formula is C114H176O2. The van der Waals surface area contributed by atoms with E-state index in [9.17, 15) is 4.79 Å². The largest absolute Gasteiger partial charge is 0.441 e. The van der Waals surface area contributed by atoms with Crippen molar-refractivity contribution >= 4 is 5.97 Å². The van der Waals surface area contributed by atoms with Crippen molar-refractivity contribution in [1.29, 1.82) is 0 Å². The zero-order valence-corrected chi connectivity index (χ0v) is 77.1. The molecule has 12 aromatic rings. The molecule has 644 valence electrons. The maximum absolute atomic E-state index is 12.4. The van der Waals surface area contributed by atoms with Crippen LogP contribution in [0.1, 0.15) is 305 Å². The third kappa shape index (κ3) is 66.4. The molecule has 0 amide bonds. The maximum atomic E-state index is 12.4. The Bertz CT molecular complexity index is 2970. The average molecular weight is 1580 g/mol. The second-order valence-corrected chi connectivity index (χ2v) is 23.3. The van der Waals surface area contributed by atoms with Gasteiger partial charge in [-0.25, -0.2) is 4.79 Å². The highest BCUT2D eigenvalue weighted by atomic mass is 16.6. The molecule has 0 fully saturated rings. The lowest BCUT2D eigenvalue weighted by Gasteiger charge is -2.30. The van der Waals surface area contributed by atoms with Crippen LogP contribution in [0, 0.1) is 0 Å². The van der Waals surface area contributed by atoms with E-state index in [4.69, 9.17) is 4.74 Å². The lowest BCUT2D eigenvalue weighted by Crippen LogP contribution is -2.29. The standard InChI is InChI=1S/C20H14O2.C18H20.7C6H6.5C3H8.8C2H6.3CH4/c21-19-17-13-7-8-14-18(17)20(22-19,15-9-3-1-4-10-15)16-11-5-2-6-12-16;1-17(2)13-18(3,14-9-5-4-6-10-14)16-12-8-7-11-15(16)17;7*1-2-4-6-5-3-1;5*1-3-2;8*1-2;;;/h1-14H;4-12H,13H2,1-3H3;7*1-6H;5*3H2,1-2H3;8*1-2H3;3*1H4. The summed E-state index contributed by atoms with van der Waals surface area (Å²) in [4.78, 5) is 12.4. The molecule has 12 aromatic carbocycles. The van der Waals surface area contributed by atoms with Gasteiger partial charge in [0, 0.05) is 22.1 Å². The second-order valence-electron chi connectivity index (χ2n) is 23.3. The fourth-order valence-corrected chi connectivity index (χ4v) is 9.54. The molecular weight excluding hydrogens is 1400 g/mol. The normalized spacial score (nSPS) is 10.8. The summed E-state index contributed by atoms with van der Waals surface area (Å²) in [5.41, 5.74) is 7.45. The first-order valence-corrected chi connectivity index (χ1v) is 43.0. The number of ether oxygens (including phenoxy) is 1. The molecule has 2 heteroatoms. The Morgan fingerprint density at radius 3 is 0.560 bits per heavy atom. The van der Waals surface area contributed by atoms with Gasteiger partial charge in [0.2, 0.25) is 0 Å². The quantitative estimate of drug-likeness (QED) is 0.165. The number of carbonyl (C=O) groups excluding carboxylic acids is 1. The van der Waals surface area contributed by atoms with Crippen LogP contribution in [-0.4, -0.2) is 5.97 Å². The van der Waals surface area contributed by atoms with Gasteiger partial charge in [-0.05, 0) is 34.6 Å². The van der Waals surface area contributed by atoms with Crippen LogP contribution in [0.2, 0.25) is 0 Å². The van der Waals surface area contributed by atoms with Gasteiger partial charge in [0.05, 0.1) is 5.56 Å². The molecule has 14 rings (SSSR count). The monoisotopic (exact) mass is 1580 g/mol. The topological polar surface area (TPSA) is 26.3 Å². The van der Waals surface area contributed by atoms with Gasteiger partial charge in [0.25, 0.3) is 0 Å². The highest BCUT2D eigenvalue weighted by Crippen LogP contribution is 2.52. The van der Waals surface area contributed by atoms with E-state index in [-0.39, 0.29) is 39.1 Å². The summed E-state index contributed by atoms with van der Waals surface area (Å²) in [6, 6.07) is 131. The maximum Gasteiger partial charge on any atom is 0.340 e. The molecule has 0 spiro atoms. The predicted octanol–water partition coefficient (Wildman–Crippen LogP) is 37.8. The van der Waals surface area contributed by atoms with Gasteiger partial charge in [-0.2, -0.15) is 0 Å². The first-order valence-electron chi connectivity index (χ1n) is 43.0. The van der Waals surface area contributed by atoms with E-state index in [0.29, 0.717) is 5.56 Å². The molecule has 0 saturated heterocycles. The van der Waals surface area contributed by atoms with E-state index >= 15 is 0 Å². The number of esters is 1. The van der Waals surface area contributed by atoms with E-state index in [1.165, 1.54) is 55.2 Å². The average Bonchev–Trinajstić information content (AvgIpc) is 1.59. The van der Waals surface area contributed by atoms with Crippen LogP contribution < -0.4 is 0 Å². The highest BCUT2D eigenvalue weighted by molar-refractivity contribution is 5.96. The van der Waals surface area contributed by atoms with Gasteiger partial charge in [-0.1, -0.05) is 643 Å². The summed E-state index contributed by atoms with van der Waals surface area (Å²) in [6.45, 7) is 60.4. The van der Waals surface area contributed by atoms with E-state index in [1.807, 2.05) is 450 Å². The molecule has 0 bridgehead atoms. The predicted molar refractivity (Wildman–Crippen MR) is 538 cm³/mol. The van der Waals surface area contributed by atoms with Crippen molar-refractivity contribution in [1.82, 2.24) is 0 Å². The number of benzene rings is 12. The van der Waals surface area contributed by atoms with E-state index < -0.39 is 5.60 Å². The first-order chi connectivity index (χ1) is 55.4. The van der Waals surface area contributed by atoms with Crippen LogP contribution in [0.3, 0.4) is 0 Å². The minimum Gasteiger partial charge on any atom is -0.441 e. The smallest absolute Gasteiger partial charge is 0.340 e. The summed E-state index contributed by atoms with van der Waals surface area (Å²) in [6.07, 6.45) is 7.43. The first kappa shape index (κ1) is 130. The Balaban J connectivity index is -0.000000118. The third-order valence-corrected chi connectivity index (χ3v) is 13.3. The van der Waals surface area contributed by atoms with Crippen molar-refractivity contribution in [2.75, 3.05) is 0 Å². The Hall–Kier alpha value is -9.89. The van der Waals surface area contributed by atoms with Crippen molar-refractivity contribution in [2.45, 2.75) is 278 Å².